The van der Waals surface area contributed by atoms with Gasteiger partial charge in [-0.15, -0.1) is 0 Å². The van der Waals surface area contributed by atoms with Crippen LogP contribution >= 0.6 is 11.6 Å². The van der Waals surface area contributed by atoms with Gasteiger partial charge in [0.2, 0.25) is 0 Å². The fraction of sp³-hybridized carbons (Fsp3) is 0.294. The summed E-state index contributed by atoms with van der Waals surface area (Å²) in [6.45, 7) is 6.45. The Kier molecular flexibility index (Phi) is 4.97. The van der Waals surface area contributed by atoms with Gasteiger partial charge in [-0.05, 0) is 50.6 Å². The number of phenolic OH excluding ortho intramolecular Hbond substituents is 1. The van der Waals surface area contributed by atoms with Crippen LogP contribution in [0.15, 0.2) is 36.4 Å². The number of anilines is 1. The third-order valence-electron chi connectivity index (χ3n) is 3.27. The molecule has 0 heterocycles. The summed E-state index contributed by atoms with van der Waals surface area (Å²) in [4.78, 5) is 0. The fourth-order valence-corrected chi connectivity index (χ4v) is 2.45. The summed E-state index contributed by atoms with van der Waals surface area (Å²) >= 11 is 6.18. The number of nitrogens with one attached hydrogen (secondary N) is 1. The molecule has 2 rings (SSSR count). The van der Waals surface area contributed by atoms with Crippen molar-refractivity contribution < 1.29 is 9.84 Å². The summed E-state index contributed by atoms with van der Waals surface area (Å²) in [5.41, 5.74) is 2.77. The number of benzene rings is 2. The van der Waals surface area contributed by atoms with E-state index < -0.39 is 0 Å². The third-order valence-corrected chi connectivity index (χ3v) is 3.56. The van der Waals surface area contributed by atoms with E-state index in [9.17, 15) is 5.11 Å². The molecule has 4 heteroatoms. The first-order valence-corrected chi connectivity index (χ1v) is 7.37. The fourth-order valence-electron chi connectivity index (χ4n) is 2.21. The molecule has 0 bridgehead atoms. The second kappa shape index (κ2) is 6.72. The van der Waals surface area contributed by atoms with E-state index in [4.69, 9.17) is 16.3 Å². The molecule has 0 aromatic heterocycles. The molecule has 2 aromatic carbocycles. The molecule has 0 aliphatic heterocycles. The van der Waals surface area contributed by atoms with Crippen molar-refractivity contribution in [3.63, 3.8) is 0 Å². The zero-order valence-electron chi connectivity index (χ0n) is 12.5. The van der Waals surface area contributed by atoms with Gasteiger partial charge < -0.3 is 15.2 Å². The Morgan fingerprint density at radius 2 is 2.00 bits per heavy atom. The first kappa shape index (κ1) is 15.5. The van der Waals surface area contributed by atoms with Gasteiger partial charge in [0.1, 0.15) is 11.5 Å². The highest BCUT2D eigenvalue weighted by Crippen LogP contribution is 2.31. The third kappa shape index (κ3) is 3.82. The van der Waals surface area contributed by atoms with Crippen molar-refractivity contribution in [3.8, 4) is 11.5 Å². The maximum Gasteiger partial charge on any atom is 0.138 e. The van der Waals surface area contributed by atoms with Gasteiger partial charge in [-0.25, -0.2) is 0 Å². The van der Waals surface area contributed by atoms with Crippen LogP contribution in [0.3, 0.4) is 0 Å². The molecule has 0 spiro atoms. The largest absolute Gasteiger partial charge is 0.508 e. The van der Waals surface area contributed by atoms with Crippen LogP contribution in [0.4, 0.5) is 5.69 Å². The maximum atomic E-state index is 10.0. The monoisotopic (exact) mass is 305 g/mol. The van der Waals surface area contributed by atoms with E-state index >= 15 is 0 Å². The number of phenols is 1. The van der Waals surface area contributed by atoms with E-state index in [1.807, 2.05) is 51.1 Å². The number of hydrogen-bond donors (Lipinski definition) is 2. The quantitative estimate of drug-likeness (QED) is 0.823. The molecule has 0 saturated carbocycles. The Morgan fingerprint density at radius 3 is 2.62 bits per heavy atom. The van der Waals surface area contributed by atoms with Crippen LogP contribution < -0.4 is 10.1 Å². The summed E-state index contributed by atoms with van der Waals surface area (Å²) in [5, 5.41) is 13.9. The van der Waals surface area contributed by atoms with E-state index in [0.717, 1.165) is 16.8 Å². The van der Waals surface area contributed by atoms with Gasteiger partial charge in [0.15, 0.2) is 0 Å². The molecule has 2 aromatic rings. The average Bonchev–Trinajstić information content (AvgIpc) is 2.41. The van der Waals surface area contributed by atoms with Crippen molar-refractivity contribution >= 4 is 17.3 Å². The number of rotatable bonds is 5. The molecule has 0 aliphatic rings. The minimum absolute atomic E-state index is 0.0281. The van der Waals surface area contributed by atoms with Gasteiger partial charge in [-0.1, -0.05) is 23.7 Å². The van der Waals surface area contributed by atoms with Crippen molar-refractivity contribution in [2.75, 3.05) is 11.9 Å². The summed E-state index contributed by atoms with van der Waals surface area (Å²) in [5.74, 6) is 0.975. The van der Waals surface area contributed by atoms with E-state index in [1.54, 1.807) is 6.07 Å². The van der Waals surface area contributed by atoms with Gasteiger partial charge in [0, 0.05) is 11.3 Å². The Bertz CT molecular complexity index is 628. The molecule has 3 nitrogen and oxygen atoms in total. The van der Waals surface area contributed by atoms with Gasteiger partial charge in [-0.3, -0.25) is 0 Å². The normalized spacial score (nSPS) is 12.0. The summed E-state index contributed by atoms with van der Waals surface area (Å²) in [7, 11) is 0. The van der Waals surface area contributed by atoms with Crippen LogP contribution in [0, 0.1) is 6.92 Å². The van der Waals surface area contributed by atoms with Crippen LogP contribution in [0.25, 0.3) is 0 Å². The number of hydrogen-bond acceptors (Lipinski definition) is 3. The van der Waals surface area contributed by atoms with Gasteiger partial charge in [0.05, 0.1) is 17.7 Å². The van der Waals surface area contributed by atoms with Crippen molar-refractivity contribution in [2.24, 2.45) is 0 Å². The number of aryl methyl sites for hydroxylation is 1. The van der Waals surface area contributed by atoms with Crippen molar-refractivity contribution in [3.05, 3.63) is 52.5 Å². The average molecular weight is 306 g/mol. The summed E-state index contributed by atoms with van der Waals surface area (Å²) in [6.07, 6.45) is 0. The molecule has 0 aliphatic carbocycles. The minimum atomic E-state index is -0.0281. The van der Waals surface area contributed by atoms with Gasteiger partial charge in [-0.2, -0.15) is 0 Å². The predicted octanol–water partition coefficient (Wildman–Crippen LogP) is 4.93. The molecule has 21 heavy (non-hydrogen) atoms. The molecule has 1 atom stereocenters. The lowest BCUT2D eigenvalue weighted by atomic mass is 10.0. The first-order chi connectivity index (χ1) is 10.0. The lowest BCUT2D eigenvalue weighted by Crippen LogP contribution is -2.07. The summed E-state index contributed by atoms with van der Waals surface area (Å²) < 4.78 is 5.41. The van der Waals surface area contributed by atoms with Crippen molar-refractivity contribution in [2.45, 2.75) is 26.8 Å². The minimum Gasteiger partial charge on any atom is -0.508 e. The zero-order chi connectivity index (χ0) is 15.4. The second-order valence-electron chi connectivity index (χ2n) is 5.01. The molecular formula is C17H20ClNO2. The maximum absolute atomic E-state index is 10.0. The first-order valence-electron chi connectivity index (χ1n) is 6.99. The SMILES string of the molecule is CCOc1ccc(NC(C)c2ccc(C)cc2O)cc1Cl. The molecule has 0 amide bonds. The molecular weight excluding hydrogens is 286 g/mol. The molecule has 0 fully saturated rings. The van der Waals surface area contributed by atoms with Crippen molar-refractivity contribution in [1.29, 1.82) is 0 Å². The van der Waals surface area contributed by atoms with Crippen molar-refractivity contribution in [1.82, 2.24) is 0 Å². The molecule has 2 N–H and O–H groups in total. The second-order valence-corrected chi connectivity index (χ2v) is 5.41. The van der Waals surface area contributed by atoms with Crippen LogP contribution in [-0.4, -0.2) is 11.7 Å². The number of halogens is 1. The standard InChI is InChI=1S/C17H20ClNO2/c1-4-21-17-8-6-13(10-15(17)18)19-12(3)14-7-5-11(2)9-16(14)20/h5-10,12,19-20H,4H2,1-3H3. The molecule has 0 radical (unpaired) electrons. The molecule has 112 valence electrons. The van der Waals surface area contributed by atoms with Crippen LogP contribution in [0.2, 0.25) is 5.02 Å². The number of ether oxygens (including phenoxy) is 1. The highest BCUT2D eigenvalue weighted by atomic mass is 35.5. The Hall–Kier alpha value is -1.87. The van der Waals surface area contributed by atoms with E-state index in [0.29, 0.717) is 23.1 Å². The van der Waals surface area contributed by atoms with Gasteiger partial charge >= 0.3 is 0 Å². The lowest BCUT2D eigenvalue weighted by molar-refractivity contribution is 0.340. The highest BCUT2D eigenvalue weighted by Gasteiger charge is 2.11. The zero-order valence-corrected chi connectivity index (χ0v) is 13.2. The van der Waals surface area contributed by atoms with Gasteiger partial charge in [0.25, 0.3) is 0 Å². The topological polar surface area (TPSA) is 41.5 Å². The van der Waals surface area contributed by atoms with E-state index in [-0.39, 0.29) is 6.04 Å². The Morgan fingerprint density at radius 1 is 1.24 bits per heavy atom. The van der Waals surface area contributed by atoms with Crippen LogP contribution in [-0.2, 0) is 0 Å². The van der Waals surface area contributed by atoms with E-state index in [1.165, 1.54) is 0 Å². The number of aromatic hydroxyl groups is 1. The van der Waals surface area contributed by atoms with E-state index in [2.05, 4.69) is 5.32 Å². The Balaban J connectivity index is 2.15. The van der Waals surface area contributed by atoms with Crippen LogP contribution in [0.1, 0.15) is 31.0 Å². The smallest absolute Gasteiger partial charge is 0.138 e. The molecule has 0 saturated heterocycles. The Labute approximate surface area is 130 Å². The highest BCUT2D eigenvalue weighted by molar-refractivity contribution is 6.32. The lowest BCUT2D eigenvalue weighted by Gasteiger charge is -2.18. The summed E-state index contributed by atoms with van der Waals surface area (Å²) in [6, 6.07) is 11.2. The van der Waals surface area contributed by atoms with Crippen LogP contribution in [0.5, 0.6) is 11.5 Å². The molecule has 1 unspecified atom stereocenters. The predicted molar refractivity (Wildman–Crippen MR) is 87.5 cm³/mol.